The average molecular weight is 646 g/mol. The number of carbonyl (C=O) groups is 3. The highest BCUT2D eigenvalue weighted by Gasteiger charge is 2.56. The van der Waals surface area contributed by atoms with E-state index in [-0.39, 0.29) is 22.8 Å². The van der Waals surface area contributed by atoms with Crippen LogP contribution in [0, 0.1) is 16.0 Å². The Kier molecular flexibility index (Phi) is 7.93. The molecule has 0 saturated carbocycles. The highest BCUT2D eigenvalue weighted by molar-refractivity contribution is 8.00. The second-order valence-corrected chi connectivity index (χ2v) is 12.8. The molecule has 6 rings (SSSR count). The third-order valence-electron chi connectivity index (χ3n) is 7.81. The number of nitrogens with one attached hydrogen (secondary N) is 1. The summed E-state index contributed by atoms with van der Waals surface area (Å²) in [5.41, 5.74) is 2.28. The van der Waals surface area contributed by atoms with Gasteiger partial charge in [-0.2, -0.15) is 0 Å². The number of carbonyl (C=O) groups excluding carboxylic acids is 3. The van der Waals surface area contributed by atoms with E-state index in [9.17, 15) is 29.3 Å². The van der Waals surface area contributed by atoms with Crippen molar-refractivity contribution in [3.63, 3.8) is 0 Å². The van der Waals surface area contributed by atoms with Crippen molar-refractivity contribution < 1.29 is 24.0 Å². The van der Waals surface area contributed by atoms with Crippen LogP contribution in [0.25, 0.3) is 0 Å². The number of hydrogen-bond acceptors (Lipinski definition) is 10. The van der Waals surface area contributed by atoms with E-state index in [0.29, 0.717) is 21.3 Å². The molecule has 1 N–H and O–H groups in total. The number of rotatable bonds is 8. The summed E-state index contributed by atoms with van der Waals surface area (Å²) in [7, 11) is 5.36. The molecule has 0 radical (unpaired) electrons. The molecule has 0 bridgehead atoms. The zero-order chi connectivity index (χ0) is 32.0. The summed E-state index contributed by atoms with van der Waals surface area (Å²) in [5, 5.41) is 13.5. The van der Waals surface area contributed by atoms with Gasteiger partial charge in [0, 0.05) is 48.4 Å². The molecule has 45 heavy (non-hydrogen) atoms. The number of thioether (sulfide) groups is 1. The molecule has 12 nitrogen and oxygen atoms in total. The number of imide groups is 1. The Balaban J connectivity index is 1.38. The van der Waals surface area contributed by atoms with Crippen molar-refractivity contribution in [2.45, 2.75) is 22.7 Å². The van der Waals surface area contributed by atoms with E-state index in [1.165, 1.54) is 28.8 Å². The SMILES string of the molecule is COc1ccc(NC(=O)Cn2c3c(sc2=O)[C@H](c2ccc(N(C)C)cc2)C2C(=O)N(c4ccc([N+](=O)[O-])cc4)C(=O)C2S3)cc1. The summed E-state index contributed by atoms with van der Waals surface area (Å²) < 4.78 is 6.51. The monoisotopic (exact) mass is 645 g/mol. The summed E-state index contributed by atoms with van der Waals surface area (Å²) in [4.78, 5) is 68.3. The van der Waals surface area contributed by atoms with Gasteiger partial charge in [-0.3, -0.25) is 33.9 Å². The highest BCUT2D eigenvalue weighted by atomic mass is 32.2. The number of methoxy groups -OCH3 is 1. The zero-order valence-electron chi connectivity index (χ0n) is 24.3. The normalized spacial score (nSPS) is 18.7. The van der Waals surface area contributed by atoms with Gasteiger partial charge < -0.3 is 15.0 Å². The van der Waals surface area contributed by atoms with Gasteiger partial charge in [0.05, 0.1) is 28.7 Å². The molecule has 14 heteroatoms. The van der Waals surface area contributed by atoms with E-state index >= 15 is 0 Å². The van der Waals surface area contributed by atoms with Crippen LogP contribution < -0.4 is 24.7 Å². The minimum Gasteiger partial charge on any atom is -0.497 e. The number of nitrogens with zero attached hydrogens (tertiary/aromatic N) is 4. The molecule has 4 aromatic rings. The summed E-state index contributed by atoms with van der Waals surface area (Å²) in [6.07, 6.45) is 0. The lowest BCUT2D eigenvalue weighted by Gasteiger charge is -2.31. The van der Waals surface area contributed by atoms with Gasteiger partial charge in [-0.1, -0.05) is 35.2 Å². The quantitative estimate of drug-likeness (QED) is 0.168. The number of nitro groups is 1. The van der Waals surface area contributed by atoms with Crippen molar-refractivity contribution in [3.05, 3.63) is 103 Å². The molecule has 3 heterocycles. The maximum atomic E-state index is 14.1. The molecular weight excluding hydrogens is 619 g/mol. The number of aromatic nitrogens is 1. The summed E-state index contributed by atoms with van der Waals surface area (Å²) in [6.45, 7) is -0.290. The molecule has 1 fully saturated rings. The predicted molar refractivity (Wildman–Crippen MR) is 172 cm³/mol. The number of thiazole rings is 1. The van der Waals surface area contributed by atoms with Crippen LogP contribution in [-0.2, 0) is 20.9 Å². The Labute approximate surface area is 265 Å². The molecule has 230 valence electrons. The number of non-ortho nitro benzene ring substituents is 1. The minimum atomic E-state index is -0.886. The lowest BCUT2D eigenvalue weighted by atomic mass is 9.83. The van der Waals surface area contributed by atoms with Crippen molar-refractivity contribution >= 4 is 63.6 Å². The van der Waals surface area contributed by atoms with Crippen LogP contribution in [0.3, 0.4) is 0 Å². The molecule has 3 amide bonds. The minimum absolute atomic E-state index is 0.164. The van der Waals surface area contributed by atoms with Crippen LogP contribution in [0.2, 0.25) is 0 Å². The van der Waals surface area contributed by atoms with Gasteiger partial charge in [0.15, 0.2) is 0 Å². The number of fused-ring (bicyclic) bond motifs is 2. The van der Waals surface area contributed by atoms with Gasteiger partial charge in [0.1, 0.15) is 17.5 Å². The van der Waals surface area contributed by atoms with Crippen LogP contribution in [-0.4, -0.2) is 53.7 Å². The molecule has 1 aromatic heterocycles. The number of amides is 3. The van der Waals surface area contributed by atoms with Gasteiger partial charge >= 0.3 is 4.87 Å². The molecule has 0 aliphatic carbocycles. The Hall–Kier alpha value is -4.95. The van der Waals surface area contributed by atoms with Crippen LogP contribution in [0.4, 0.5) is 22.7 Å². The van der Waals surface area contributed by atoms with E-state index in [4.69, 9.17) is 4.74 Å². The molecule has 3 atom stereocenters. The van der Waals surface area contributed by atoms with E-state index in [1.54, 1.807) is 31.4 Å². The molecular formula is C31H27N5O7S2. The van der Waals surface area contributed by atoms with Crippen LogP contribution >= 0.6 is 23.1 Å². The fraction of sp³-hybridized carbons (Fsp3) is 0.226. The molecule has 2 aliphatic rings. The first-order valence-electron chi connectivity index (χ1n) is 13.8. The first kappa shape index (κ1) is 30.1. The standard InChI is InChI=1S/C31H27N5O7S2/c1-33(2)19-8-4-17(5-9-19)24-25-26(29(39)35(28(25)38)20-10-12-21(13-11-20)36(41)42)44-30-27(24)45-31(40)34(30)16-23(37)32-18-6-14-22(43-3)15-7-18/h4-15,24-26H,16H2,1-3H3,(H,32,37)/t24-,25?,26?/m1/s1. The molecule has 2 aliphatic heterocycles. The van der Waals surface area contributed by atoms with Gasteiger partial charge in [-0.15, -0.1) is 0 Å². The van der Waals surface area contributed by atoms with Gasteiger partial charge in [-0.05, 0) is 54.1 Å². The highest BCUT2D eigenvalue weighted by Crippen LogP contribution is 2.54. The summed E-state index contributed by atoms with van der Waals surface area (Å²) >= 11 is 2.06. The predicted octanol–water partition coefficient (Wildman–Crippen LogP) is 4.33. The number of ether oxygens (including phenoxy) is 1. The number of nitro benzene ring substituents is 1. The number of anilines is 3. The molecule has 1 saturated heterocycles. The fourth-order valence-electron chi connectivity index (χ4n) is 5.59. The number of hydrogen-bond donors (Lipinski definition) is 1. The smallest absolute Gasteiger partial charge is 0.308 e. The van der Waals surface area contributed by atoms with Crippen LogP contribution in [0.1, 0.15) is 16.4 Å². The van der Waals surface area contributed by atoms with Crippen LogP contribution in [0.15, 0.2) is 82.6 Å². The first-order valence-corrected chi connectivity index (χ1v) is 15.5. The molecule has 3 aromatic carbocycles. The summed E-state index contributed by atoms with van der Waals surface area (Å²) in [5.74, 6) is -2.22. The second-order valence-electron chi connectivity index (χ2n) is 10.7. The van der Waals surface area contributed by atoms with E-state index < -0.39 is 39.7 Å². The zero-order valence-corrected chi connectivity index (χ0v) is 26.0. The summed E-state index contributed by atoms with van der Waals surface area (Å²) in [6, 6.07) is 19.6. The van der Waals surface area contributed by atoms with E-state index in [0.717, 1.165) is 39.2 Å². The van der Waals surface area contributed by atoms with Crippen molar-refractivity contribution in [3.8, 4) is 5.75 Å². The first-order chi connectivity index (χ1) is 21.6. The van der Waals surface area contributed by atoms with E-state index in [1.807, 2.05) is 43.3 Å². The lowest BCUT2D eigenvalue weighted by Crippen LogP contribution is -2.33. The topological polar surface area (TPSA) is 144 Å². The maximum Gasteiger partial charge on any atom is 0.308 e. The van der Waals surface area contributed by atoms with Gasteiger partial charge in [0.2, 0.25) is 17.7 Å². The lowest BCUT2D eigenvalue weighted by molar-refractivity contribution is -0.384. The Morgan fingerprint density at radius 2 is 1.64 bits per heavy atom. The molecule has 0 spiro atoms. The van der Waals surface area contributed by atoms with E-state index in [2.05, 4.69) is 5.32 Å². The average Bonchev–Trinajstić information content (AvgIpc) is 3.47. The second kappa shape index (κ2) is 11.9. The Morgan fingerprint density at radius 3 is 2.24 bits per heavy atom. The largest absolute Gasteiger partial charge is 0.497 e. The Bertz CT molecular complexity index is 1870. The Morgan fingerprint density at radius 1 is 0.978 bits per heavy atom. The van der Waals surface area contributed by atoms with Crippen LogP contribution in [0.5, 0.6) is 5.75 Å². The third-order valence-corrected chi connectivity index (χ3v) is 10.4. The van der Waals surface area contributed by atoms with Crippen molar-refractivity contribution in [2.24, 2.45) is 5.92 Å². The van der Waals surface area contributed by atoms with Crippen molar-refractivity contribution in [2.75, 3.05) is 36.3 Å². The molecule has 2 unspecified atom stereocenters. The number of benzene rings is 3. The fourth-order valence-corrected chi connectivity index (χ4v) is 8.36. The van der Waals surface area contributed by atoms with Crippen molar-refractivity contribution in [1.82, 2.24) is 4.57 Å². The maximum absolute atomic E-state index is 14.1. The van der Waals surface area contributed by atoms with Gasteiger partial charge in [0.25, 0.3) is 5.69 Å². The third kappa shape index (κ3) is 5.46. The van der Waals surface area contributed by atoms with Crippen molar-refractivity contribution in [1.29, 1.82) is 0 Å². The van der Waals surface area contributed by atoms with Gasteiger partial charge in [-0.25, -0.2) is 4.90 Å².